The maximum atomic E-state index is 14.4. The molecule has 1 N–H and O–H groups in total. The van der Waals surface area contributed by atoms with Gasteiger partial charge < -0.3 is 9.84 Å². The van der Waals surface area contributed by atoms with Crippen LogP contribution in [0.3, 0.4) is 0 Å². The lowest BCUT2D eigenvalue weighted by Crippen LogP contribution is -2.13. The Labute approximate surface area is 109 Å². The van der Waals surface area contributed by atoms with Crippen molar-refractivity contribution in [1.29, 1.82) is 0 Å². The van der Waals surface area contributed by atoms with E-state index in [1.165, 1.54) is 6.07 Å². The van der Waals surface area contributed by atoms with Crippen LogP contribution >= 0.6 is 0 Å². The molecule has 1 atom stereocenters. The van der Waals surface area contributed by atoms with Crippen LogP contribution in [0.2, 0.25) is 0 Å². The molecule has 1 unspecified atom stereocenters. The van der Waals surface area contributed by atoms with Gasteiger partial charge in [-0.1, -0.05) is 0 Å². The highest BCUT2D eigenvalue weighted by Gasteiger charge is 2.38. The number of benzene rings is 1. The Morgan fingerprint density at radius 1 is 1.47 bits per heavy atom. The number of hydrogen-bond acceptors (Lipinski definition) is 2. The third kappa shape index (κ3) is 2.17. The summed E-state index contributed by atoms with van der Waals surface area (Å²) in [6.07, 6.45) is 1.87. The van der Waals surface area contributed by atoms with Crippen LogP contribution in [-0.2, 0) is 11.2 Å². The minimum Gasteiger partial charge on any atom is -0.493 e. The van der Waals surface area contributed by atoms with Crippen molar-refractivity contribution in [2.45, 2.75) is 31.6 Å². The summed E-state index contributed by atoms with van der Waals surface area (Å²) in [6.45, 7) is 0.349. The number of hydrogen-bond donors (Lipinski definition) is 1. The number of aliphatic carboxylic acids is 1. The molecular weight excluding hydrogens is 254 g/mol. The van der Waals surface area contributed by atoms with Crippen molar-refractivity contribution in [3.05, 3.63) is 28.8 Å². The Morgan fingerprint density at radius 2 is 2.21 bits per heavy atom. The predicted octanol–water partition coefficient (Wildman–Crippen LogP) is 2.87. The molecule has 0 radical (unpaired) electrons. The molecule has 2 aliphatic rings. The van der Waals surface area contributed by atoms with Crippen LogP contribution in [0.4, 0.5) is 8.78 Å². The van der Waals surface area contributed by atoms with E-state index in [0.29, 0.717) is 18.6 Å². The lowest BCUT2D eigenvalue weighted by atomic mass is 9.88. The van der Waals surface area contributed by atoms with E-state index in [1.807, 2.05) is 0 Å². The molecule has 3 nitrogen and oxygen atoms in total. The first-order valence-electron chi connectivity index (χ1n) is 6.43. The Bertz CT molecular complexity index is 538. The second kappa shape index (κ2) is 4.47. The number of fused-ring (bicyclic) bond motifs is 1. The largest absolute Gasteiger partial charge is 0.493 e. The highest BCUT2D eigenvalue weighted by atomic mass is 19.1. The van der Waals surface area contributed by atoms with Crippen molar-refractivity contribution >= 4 is 5.97 Å². The number of rotatable bonds is 4. The van der Waals surface area contributed by atoms with Crippen molar-refractivity contribution < 1.29 is 23.4 Å². The molecule has 0 aromatic heterocycles. The molecule has 1 aliphatic carbocycles. The van der Waals surface area contributed by atoms with Crippen molar-refractivity contribution in [2.24, 2.45) is 5.92 Å². The third-order valence-electron chi connectivity index (χ3n) is 3.88. The Balaban J connectivity index is 2.05. The minimum absolute atomic E-state index is 0.0610. The molecule has 1 aromatic carbocycles. The molecular formula is C14H14F2O3. The topological polar surface area (TPSA) is 46.5 Å². The van der Waals surface area contributed by atoms with E-state index in [9.17, 15) is 13.6 Å². The second-order valence-electron chi connectivity index (χ2n) is 5.20. The van der Waals surface area contributed by atoms with Crippen LogP contribution < -0.4 is 4.74 Å². The number of halogens is 2. The van der Waals surface area contributed by atoms with Crippen LogP contribution in [0.1, 0.15) is 36.3 Å². The monoisotopic (exact) mass is 268 g/mol. The van der Waals surface area contributed by atoms with Gasteiger partial charge in [-0.3, -0.25) is 4.79 Å². The first kappa shape index (κ1) is 12.4. The first-order chi connectivity index (χ1) is 9.08. The average molecular weight is 268 g/mol. The zero-order chi connectivity index (χ0) is 13.6. The molecule has 0 bridgehead atoms. The van der Waals surface area contributed by atoms with Gasteiger partial charge >= 0.3 is 5.97 Å². The molecule has 1 aliphatic heterocycles. The van der Waals surface area contributed by atoms with Crippen molar-refractivity contribution in [3.63, 3.8) is 0 Å². The number of carboxylic acid groups (broad SMARTS) is 1. The summed E-state index contributed by atoms with van der Waals surface area (Å²) in [6, 6.07) is 1.19. The number of ether oxygens (including phenoxy) is 1. The fourth-order valence-corrected chi connectivity index (χ4v) is 2.81. The van der Waals surface area contributed by atoms with Crippen molar-refractivity contribution in [3.8, 4) is 5.75 Å². The smallest absolute Gasteiger partial charge is 0.303 e. The molecule has 5 heteroatoms. The van der Waals surface area contributed by atoms with Gasteiger partial charge in [0.05, 0.1) is 13.0 Å². The summed E-state index contributed by atoms with van der Waals surface area (Å²) >= 11 is 0. The van der Waals surface area contributed by atoms with Crippen molar-refractivity contribution in [2.75, 3.05) is 6.61 Å². The third-order valence-corrected chi connectivity index (χ3v) is 3.88. The van der Waals surface area contributed by atoms with Gasteiger partial charge in [-0.25, -0.2) is 8.78 Å². The van der Waals surface area contributed by atoms with E-state index < -0.39 is 23.5 Å². The molecule has 1 heterocycles. The summed E-state index contributed by atoms with van der Waals surface area (Å²) in [5, 5.41) is 8.93. The molecule has 19 heavy (non-hydrogen) atoms. The summed E-state index contributed by atoms with van der Waals surface area (Å²) in [7, 11) is 0. The molecule has 0 saturated heterocycles. The standard InChI is InChI=1S/C14H14F2O3/c15-10-6-11-8(3-4-19-11)14(16)13(10)9(5-12(17)18)7-1-2-7/h6-7,9H,1-5H2,(H,17,18). The Kier molecular flexibility index (Phi) is 2.92. The van der Waals surface area contributed by atoms with E-state index in [-0.39, 0.29) is 23.7 Å². The first-order valence-corrected chi connectivity index (χ1v) is 6.43. The summed E-state index contributed by atoms with van der Waals surface area (Å²) in [4.78, 5) is 10.9. The molecule has 0 amide bonds. The van der Waals surface area contributed by atoms with Crippen molar-refractivity contribution in [1.82, 2.24) is 0 Å². The zero-order valence-electron chi connectivity index (χ0n) is 10.3. The number of carbonyl (C=O) groups is 1. The Hall–Kier alpha value is -1.65. The SMILES string of the molecule is O=C(O)CC(c1c(F)cc2c(c1F)CCO2)C1CC1. The van der Waals surface area contributed by atoms with Gasteiger partial charge in [0, 0.05) is 29.5 Å². The van der Waals surface area contributed by atoms with E-state index in [0.717, 1.165) is 12.8 Å². The Morgan fingerprint density at radius 3 is 2.84 bits per heavy atom. The van der Waals surface area contributed by atoms with Crippen LogP contribution in [-0.4, -0.2) is 17.7 Å². The maximum Gasteiger partial charge on any atom is 0.303 e. The molecule has 3 rings (SSSR count). The second-order valence-corrected chi connectivity index (χ2v) is 5.20. The minimum atomic E-state index is -1.02. The quantitative estimate of drug-likeness (QED) is 0.913. The summed E-state index contributed by atoms with van der Waals surface area (Å²) in [5.74, 6) is -2.54. The molecule has 1 aromatic rings. The van der Waals surface area contributed by atoms with Crippen LogP contribution in [0.25, 0.3) is 0 Å². The number of carboxylic acids is 1. The van der Waals surface area contributed by atoms with Gasteiger partial charge in [0.15, 0.2) is 0 Å². The lowest BCUT2D eigenvalue weighted by molar-refractivity contribution is -0.137. The van der Waals surface area contributed by atoms with Crippen LogP contribution in [0.5, 0.6) is 5.75 Å². The van der Waals surface area contributed by atoms with Gasteiger partial charge in [-0.05, 0) is 18.8 Å². The van der Waals surface area contributed by atoms with E-state index in [1.54, 1.807) is 0 Å². The maximum absolute atomic E-state index is 14.4. The molecule has 102 valence electrons. The molecule has 0 spiro atoms. The zero-order valence-corrected chi connectivity index (χ0v) is 10.3. The van der Waals surface area contributed by atoms with E-state index >= 15 is 0 Å². The van der Waals surface area contributed by atoms with Crippen LogP contribution in [0, 0.1) is 17.6 Å². The van der Waals surface area contributed by atoms with Crippen LogP contribution in [0.15, 0.2) is 6.07 Å². The van der Waals surface area contributed by atoms with E-state index in [4.69, 9.17) is 9.84 Å². The van der Waals surface area contributed by atoms with Gasteiger partial charge in [0.25, 0.3) is 0 Å². The van der Waals surface area contributed by atoms with Gasteiger partial charge in [0.2, 0.25) is 0 Å². The van der Waals surface area contributed by atoms with Gasteiger partial charge in [0.1, 0.15) is 17.4 Å². The molecule has 1 fully saturated rings. The molecule has 1 saturated carbocycles. The normalized spacial score (nSPS) is 18.8. The average Bonchev–Trinajstić information content (AvgIpc) is 3.07. The fourth-order valence-electron chi connectivity index (χ4n) is 2.81. The fraction of sp³-hybridized carbons (Fsp3) is 0.500. The lowest BCUT2D eigenvalue weighted by Gasteiger charge is -2.17. The predicted molar refractivity (Wildman–Crippen MR) is 63.3 cm³/mol. The highest BCUT2D eigenvalue weighted by molar-refractivity contribution is 5.68. The van der Waals surface area contributed by atoms with Gasteiger partial charge in [-0.2, -0.15) is 0 Å². The van der Waals surface area contributed by atoms with E-state index in [2.05, 4.69) is 0 Å². The summed E-state index contributed by atoms with van der Waals surface area (Å²) in [5.41, 5.74) is 0.321. The summed E-state index contributed by atoms with van der Waals surface area (Å²) < 4.78 is 33.6. The highest BCUT2D eigenvalue weighted by Crippen LogP contribution is 2.47. The van der Waals surface area contributed by atoms with Gasteiger partial charge in [-0.15, -0.1) is 0 Å².